The van der Waals surface area contributed by atoms with Gasteiger partial charge in [-0.2, -0.15) is 0 Å². The van der Waals surface area contributed by atoms with Crippen molar-refractivity contribution in [3.05, 3.63) is 36.0 Å². The molecular weight excluding hydrogens is 278 g/mol. The second-order valence-electron chi connectivity index (χ2n) is 4.32. The highest BCUT2D eigenvalue weighted by Crippen LogP contribution is 2.13. The monoisotopic (exact) mass is 305 g/mol. The molecular formula is C17H27N3O2. The maximum Gasteiger partial charge on any atom is 0.319 e. The van der Waals surface area contributed by atoms with Crippen molar-refractivity contribution in [3.8, 4) is 5.75 Å². The van der Waals surface area contributed by atoms with Gasteiger partial charge in [0.15, 0.2) is 0 Å². The van der Waals surface area contributed by atoms with Crippen LogP contribution >= 0.6 is 0 Å². The minimum atomic E-state index is -0.246. The highest BCUT2D eigenvalue weighted by atomic mass is 16.3. The van der Waals surface area contributed by atoms with E-state index in [0.717, 1.165) is 25.0 Å². The summed E-state index contributed by atoms with van der Waals surface area (Å²) in [6.07, 6.45) is 4.66. The Morgan fingerprint density at radius 2 is 1.91 bits per heavy atom. The summed E-state index contributed by atoms with van der Waals surface area (Å²) in [5.41, 5.74) is 1.63. The fourth-order valence-electron chi connectivity index (χ4n) is 1.67. The van der Waals surface area contributed by atoms with E-state index >= 15 is 0 Å². The summed E-state index contributed by atoms with van der Waals surface area (Å²) in [4.78, 5) is 15.5. The summed E-state index contributed by atoms with van der Waals surface area (Å²) in [7, 11) is 0. The number of carbonyl (C=O) groups excluding carboxylic acids is 1. The number of aliphatic imine (C=N–C) groups is 1. The summed E-state index contributed by atoms with van der Waals surface area (Å²) in [6, 6.07) is 6.09. The van der Waals surface area contributed by atoms with Crippen LogP contribution in [0.25, 0.3) is 0 Å². The number of rotatable bonds is 7. The zero-order chi connectivity index (χ0) is 16.8. The third-order valence-electron chi connectivity index (χ3n) is 2.81. The zero-order valence-electron chi connectivity index (χ0n) is 13.7. The summed E-state index contributed by atoms with van der Waals surface area (Å²) in [6.45, 7) is 10.0. The van der Waals surface area contributed by atoms with Crippen molar-refractivity contribution in [3.63, 3.8) is 0 Å². The molecule has 0 aliphatic carbocycles. The number of carbonyl (C=O) groups is 1. The first kappa shape index (κ1) is 19.7. The van der Waals surface area contributed by atoms with Gasteiger partial charge in [0.2, 0.25) is 0 Å². The summed E-state index contributed by atoms with van der Waals surface area (Å²) in [5, 5.41) is 14.6. The molecule has 2 amide bonds. The Hall–Kier alpha value is -2.30. The van der Waals surface area contributed by atoms with Crippen molar-refractivity contribution < 1.29 is 9.90 Å². The molecule has 1 rings (SSSR count). The Morgan fingerprint density at radius 3 is 2.45 bits per heavy atom. The molecule has 0 aromatic heterocycles. The normalized spacial score (nSPS) is 10.2. The second kappa shape index (κ2) is 12.4. The third-order valence-corrected chi connectivity index (χ3v) is 2.81. The second-order valence-corrected chi connectivity index (χ2v) is 4.32. The molecule has 1 aromatic rings. The number of allylic oxidation sites excluding steroid dienone is 2. The SMILES string of the molecule is C=N/C(=C\C)CCCCNC(=O)Nc1ccc(O)cc1.CC. The van der Waals surface area contributed by atoms with Gasteiger partial charge in [0.05, 0.1) is 0 Å². The van der Waals surface area contributed by atoms with Crippen LogP contribution in [0.2, 0.25) is 0 Å². The van der Waals surface area contributed by atoms with Crippen LogP contribution in [0.3, 0.4) is 0 Å². The van der Waals surface area contributed by atoms with E-state index in [9.17, 15) is 4.79 Å². The summed E-state index contributed by atoms with van der Waals surface area (Å²) in [5.74, 6) is 0.173. The predicted octanol–water partition coefficient (Wildman–Crippen LogP) is 4.31. The Bertz CT molecular complexity index is 467. The Kier molecular flexibility index (Phi) is 11.1. The van der Waals surface area contributed by atoms with E-state index < -0.39 is 0 Å². The fourth-order valence-corrected chi connectivity index (χ4v) is 1.67. The molecule has 0 atom stereocenters. The summed E-state index contributed by atoms with van der Waals surface area (Å²) >= 11 is 0. The van der Waals surface area contributed by atoms with Gasteiger partial charge in [-0.15, -0.1) is 0 Å². The van der Waals surface area contributed by atoms with Crippen LogP contribution in [0.4, 0.5) is 10.5 Å². The minimum absolute atomic E-state index is 0.173. The first-order valence-corrected chi connectivity index (χ1v) is 7.61. The number of hydrogen-bond donors (Lipinski definition) is 3. The van der Waals surface area contributed by atoms with Gasteiger partial charge in [-0.25, -0.2) is 4.79 Å². The van der Waals surface area contributed by atoms with Crippen molar-refractivity contribution in [2.45, 2.75) is 40.0 Å². The lowest BCUT2D eigenvalue weighted by molar-refractivity contribution is 0.252. The number of urea groups is 1. The van der Waals surface area contributed by atoms with Gasteiger partial charge in [-0.1, -0.05) is 19.9 Å². The molecule has 122 valence electrons. The Morgan fingerprint density at radius 1 is 1.27 bits per heavy atom. The lowest BCUT2D eigenvalue weighted by Crippen LogP contribution is -2.29. The molecule has 0 unspecified atom stereocenters. The maximum atomic E-state index is 11.6. The van der Waals surface area contributed by atoms with Crippen LogP contribution < -0.4 is 10.6 Å². The largest absolute Gasteiger partial charge is 0.508 e. The molecule has 0 aliphatic rings. The first-order chi connectivity index (χ1) is 10.7. The number of phenols is 1. The van der Waals surface area contributed by atoms with Crippen LogP contribution in [0.15, 0.2) is 41.0 Å². The van der Waals surface area contributed by atoms with E-state index in [1.807, 2.05) is 26.8 Å². The van der Waals surface area contributed by atoms with Gasteiger partial charge in [0.1, 0.15) is 5.75 Å². The van der Waals surface area contributed by atoms with Crippen molar-refractivity contribution in [2.24, 2.45) is 4.99 Å². The number of nitrogens with one attached hydrogen (secondary N) is 2. The molecule has 0 aliphatic heterocycles. The highest BCUT2D eigenvalue weighted by molar-refractivity contribution is 5.89. The van der Waals surface area contributed by atoms with E-state index in [2.05, 4.69) is 22.3 Å². The first-order valence-electron chi connectivity index (χ1n) is 7.61. The Balaban J connectivity index is 0.00000211. The number of hydrogen-bond acceptors (Lipinski definition) is 3. The number of phenolic OH excluding ortho intramolecular Hbond substituents is 1. The van der Waals surface area contributed by atoms with E-state index in [1.54, 1.807) is 12.1 Å². The topological polar surface area (TPSA) is 73.7 Å². The number of benzene rings is 1. The average Bonchev–Trinajstić information content (AvgIpc) is 2.55. The van der Waals surface area contributed by atoms with Crippen LogP contribution in [0.1, 0.15) is 40.0 Å². The molecule has 22 heavy (non-hydrogen) atoms. The predicted molar refractivity (Wildman–Crippen MR) is 93.6 cm³/mol. The van der Waals surface area contributed by atoms with Gasteiger partial charge < -0.3 is 15.7 Å². The van der Waals surface area contributed by atoms with Crippen LogP contribution in [0, 0.1) is 0 Å². The van der Waals surface area contributed by atoms with E-state index in [4.69, 9.17) is 5.11 Å². The van der Waals surface area contributed by atoms with Crippen molar-refractivity contribution in [1.82, 2.24) is 5.32 Å². The van der Waals surface area contributed by atoms with Crippen LogP contribution in [-0.4, -0.2) is 24.4 Å². The highest BCUT2D eigenvalue weighted by Gasteiger charge is 2.01. The van der Waals surface area contributed by atoms with E-state index in [-0.39, 0.29) is 11.8 Å². The van der Waals surface area contributed by atoms with Gasteiger partial charge in [-0.3, -0.25) is 4.99 Å². The molecule has 5 heteroatoms. The van der Waals surface area contributed by atoms with Gasteiger partial charge in [0.25, 0.3) is 0 Å². The number of amides is 2. The van der Waals surface area contributed by atoms with Gasteiger partial charge >= 0.3 is 6.03 Å². The molecule has 0 saturated heterocycles. The van der Waals surface area contributed by atoms with Crippen LogP contribution in [-0.2, 0) is 0 Å². The van der Waals surface area contributed by atoms with Gasteiger partial charge in [-0.05, 0) is 57.2 Å². The average molecular weight is 305 g/mol. The van der Waals surface area contributed by atoms with Gasteiger partial charge in [0, 0.05) is 17.9 Å². The lowest BCUT2D eigenvalue weighted by atomic mass is 10.2. The quantitative estimate of drug-likeness (QED) is 0.399. The Labute approximate surface area is 133 Å². The molecule has 0 radical (unpaired) electrons. The number of aromatic hydroxyl groups is 1. The van der Waals surface area contributed by atoms with Crippen molar-refractivity contribution in [2.75, 3.05) is 11.9 Å². The molecule has 0 heterocycles. The van der Waals surface area contributed by atoms with Crippen molar-refractivity contribution in [1.29, 1.82) is 0 Å². The number of anilines is 1. The molecule has 0 fully saturated rings. The minimum Gasteiger partial charge on any atom is -0.508 e. The number of nitrogens with zero attached hydrogens (tertiary/aromatic N) is 1. The standard InChI is InChI=1S/C15H21N3O2.C2H6/c1-3-12(16-2)6-4-5-11-17-15(20)18-13-7-9-14(19)10-8-13;1-2/h3,7-10,19H,2,4-6,11H2,1H3,(H2,17,18,20);1-2H3/b12-3-;. The van der Waals surface area contributed by atoms with Crippen LogP contribution in [0.5, 0.6) is 5.75 Å². The zero-order valence-corrected chi connectivity index (χ0v) is 13.7. The number of unbranched alkanes of at least 4 members (excludes halogenated alkanes) is 1. The molecule has 0 bridgehead atoms. The lowest BCUT2D eigenvalue weighted by Gasteiger charge is -2.07. The van der Waals surface area contributed by atoms with Crippen molar-refractivity contribution >= 4 is 18.4 Å². The van der Waals surface area contributed by atoms with E-state index in [1.165, 1.54) is 12.1 Å². The molecule has 1 aromatic carbocycles. The summed E-state index contributed by atoms with van der Waals surface area (Å²) < 4.78 is 0. The third kappa shape index (κ3) is 8.79. The maximum absolute atomic E-state index is 11.6. The smallest absolute Gasteiger partial charge is 0.319 e. The molecule has 5 nitrogen and oxygen atoms in total. The molecule has 3 N–H and O–H groups in total. The fraction of sp³-hybridized carbons (Fsp3) is 0.412. The van der Waals surface area contributed by atoms with E-state index in [0.29, 0.717) is 12.2 Å². The molecule has 0 saturated carbocycles. The molecule has 0 spiro atoms.